The molecule has 4 nitrogen and oxygen atoms in total. The average molecular weight is 246 g/mol. The van der Waals surface area contributed by atoms with Crippen molar-refractivity contribution in [3.05, 3.63) is 0 Å². The molecule has 0 saturated carbocycles. The van der Waals surface area contributed by atoms with E-state index in [-0.39, 0.29) is 19.4 Å². The minimum atomic E-state index is -4.25. The number of nitrogens with one attached hydrogen (secondary N) is 2. The number of hydrogen-bond acceptors (Lipinski definition) is 3. The number of sulfonamides is 1. The lowest BCUT2D eigenvalue weighted by Crippen LogP contribution is -2.53. The van der Waals surface area contributed by atoms with Crippen LogP contribution >= 0.6 is 0 Å². The summed E-state index contributed by atoms with van der Waals surface area (Å²) in [6.45, 7) is 0.0112. The molecule has 2 N–H and O–H groups in total. The Kier molecular flexibility index (Phi) is 3.62. The van der Waals surface area contributed by atoms with Crippen molar-refractivity contribution in [3.8, 4) is 0 Å². The van der Waals surface area contributed by atoms with Gasteiger partial charge in [0.15, 0.2) is 0 Å². The van der Waals surface area contributed by atoms with Crippen molar-refractivity contribution in [2.24, 2.45) is 0 Å². The molecule has 0 aromatic carbocycles. The topological polar surface area (TPSA) is 58.2 Å². The molecule has 0 spiro atoms. The molecule has 0 amide bonds. The molecule has 1 saturated heterocycles. The fourth-order valence-electron chi connectivity index (χ4n) is 1.54. The third kappa shape index (κ3) is 4.35. The molecule has 90 valence electrons. The van der Waals surface area contributed by atoms with Crippen molar-refractivity contribution >= 4 is 10.0 Å². The Labute approximate surface area is 86.3 Å². The van der Waals surface area contributed by atoms with Crippen LogP contribution < -0.4 is 10.0 Å². The molecular weight excluding hydrogens is 233 g/mol. The lowest BCUT2D eigenvalue weighted by atomic mass is 10.0. The first-order valence-electron chi connectivity index (χ1n) is 4.46. The fraction of sp³-hybridized carbons (Fsp3) is 1.00. The number of alkyl halides is 3. The normalized spacial score (nSPS) is 29.1. The van der Waals surface area contributed by atoms with Gasteiger partial charge in [-0.25, -0.2) is 13.1 Å². The smallest absolute Gasteiger partial charge is 0.305 e. The summed E-state index contributed by atoms with van der Waals surface area (Å²) in [6.07, 6.45) is -3.17. The standard InChI is InChI=1S/C7H13F3N2O2S/c1-15(13,14)12-5-2-3-6(11-4-5)7(8,9)10/h5-6,11-12H,2-4H2,1H3. The molecule has 1 aliphatic heterocycles. The van der Waals surface area contributed by atoms with Gasteiger partial charge in [0.05, 0.1) is 6.26 Å². The van der Waals surface area contributed by atoms with E-state index in [0.29, 0.717) is 0 Å². The Hall–Kier alpha value is -0.340. The summed E-state index contributed by atoms with van der Waals surface area (Å²) in [5.41, 5.74) is 0. The second-order valence-corrected chi connectivity index (χ2v) is 5.45. The van der Waals surface area contributed by atoms with Crippen LogP contribution in [0, 0.1) is 0 Å². The second kappa shape index (κ2) is 4.26. The lowest BCUT2D eigenvalue weighted by molar-refractivity contribution is -0.160. The van der Waals surface area contributed by atoms with Gasteiger partial charge in [-0.1, -0.05) is 0 Å². The zero-order valence-corrected chi connectivity index (χ0v) is 8.95. The highest BCUT2D eigenvalue weighted by Gasteiger charge is 2.41. The van der Waals surface area contributed by atoms with Crippen LogP contribution in [-0.4, -0.2) is 39.5 Å². The van der Waals surface area contributed by atoms with Gasteiger partial charge < -0.3 is 5.32 Å². The van der Waals surface area contributed by atoms with E-state index in [4.69, 9.17) is 0 Å². The summed E-state index contributed by atoms with van der Waals surface area (Å²) in [6, 6.07) is -1.96. The maximum atomic E-state index is 12.2. The Morgan fingerprint density at radius 3 is 2.27 bits per heavy atom. The molecule has 2 unspecified atom stereocenters. The van der Waals surface area contributed by atoms with E-state index in [0.717, 1.165) is 6.26 Å². The van der Waals surface area contributed by atoms with Crippen LogP contribution in [0.1, 0.15) is 12.8 Å². The number of hydrogen-bond donors (Lipinski definition) is 2. The van der Waals surface area contributed by atoms with E-state index in [9.17, 15) is 21.6 Å². The molecule has 0 aromatic heterocycles. The van der Waals surface area contributed by atoms with Crippen LogP contribution in [0.15, 0.2) is 0 Å². The highest BCUT2D eigenvalue weighted by atomic mass is 32.2. The monoisotopic (exact) mass is 246 g/mol. The molecule has 1 rings (SSSR count). The molecule has 1 fully saturated rings. The Balaban J connectivity index is 2.43. The highest BCUT2D eigenvalue weighted by molar-refractivity contribution is 7.88. The van der Waals surface area contributed by atoms with Crippen molar-refractivity contribution in [2.45, 2.75) is 31.1 Å². The molecule has 2 atom stereocenters. The molecule has 1 heterocycles. The summed E-state index contributed by atoms with van der Waals surface area (Å²) in [5, 5.41) is 2.28. The van der Waals surface area contributed by atoms with E-state index in [1.165, 1.54) is 0 Å². The molecule has 8 heteroatoms. The zero-order chi connectivity index (χ0) is 11.7. The Morgan fingerprint density at radius 1 is 1.33 bits per heavy atom. The van der Waals surface area contributed by atoms with Crippen LogP contribution in [0.5, 0.6) is 0 Å². The minimum Gasteiger partial charge on any atom is -0.305 e. The molecule has 0 radical (unpaired) electrons. The van der Waals surface area contributed by atoms with Crippen LogP contribution in [0.3, 0.4) is 0 Å². The van der Waals surface area contributed by atoms with Crippen molar-refractivity contribution in [1.29, 1.82) is 0 Å². The van der Waals surface area contributed by atoms with Gasteiger partial charge in [-0.05, 0) is 12.8 Å². The van der Waals surface area contributed by atoms with Gasteiger partial charge in [-0.15, -0.1) is 0 Å². The lowest BCUT2D eigenvalue weighted by Gasteiger charge is -2.31. The molecule has 15 heavy (non-hydrogen) atoms. The van der Waals surface area contributed by atoms with Gasteiger partial charge in [-0.3, -0.25) is 0 Å². The van der Waals surface area contributed by atoms with Gasteiger partial charge >= 0.3 is 6.18 Å². The van der Waals surface area contributed by atoms with Gasteiger partial charge in [0.2, 0.25) is 10.0 Å². The maximum absolute atomic E-state index is 12.2. The fourth-order valence-corrected chi connectivity index (χ4v) is 2.35. The largest absolute Gasteiger partial charge is 0.403 e. The van der Waals surface area contributed by atoms with Gasteiger partial charge in [0, 0.05) is 12.6 Å². The maximum Gasteiger partial charge on any atom is 0.403 e. The predicted octanol–water partition coefficient (Wildman–Crippen LogP) is 0.218. The van der Waals surface area contributed by atoms with E-state index >= 15 is 0 Å². The third-order valence-electron chi connectivity index (χ3n) is 2.19. The van der Waals surface area contributed by atoms with Crippen LogP contribution in [0.25, 0.3) is 0 Å². The van der Waals surface area contributed by atoms with E-state index in [1.807, 2.05) is 0 Å². The Bertz CT molecular complexity index is 307. The highest BCUT2D eigenvalue weighted by Crippen LogP contribution is 2.26. The van der Waals surface area contributed by atoms with Gasteiger partial charge in [-0.2, -0.15) is 13.2 Å². The first-order valence-corrected chi connectivity index (χ1v) is 6.35. The van der Waals surface area contributed by atoms with Crippen LogP contribution in [0.4, 0.5) is 13.2 Å². The SMILES string of the molecule is CS(=O)(=O)NC1CCC(C(F)(F)F)NC1. The van der Waals surface area contributed by atoms with E-state index in [2.05, 4.69) is 10.0 Å². The number of halogens is 3. The molecule has 0 aromatic rings. The summed E-state index contributed by atoms with van der Waals surface area (Å²) < 4.78 is 60.5. The summed E-state index contributed by atoms with van der Waals surface area (Å²) >= 11 is 0. The van der Waals surface area contributed by atoms with Crippen molar-refractivity contribution in [2.75, 3.05) is 12.8 Å². The number of piperidine rings is 1. The van der Waals surface area contributed by atoms with Crippen molar-refractivity contribution < 1.29 is 21.6 Å². The molecular formula is C7H13F3N2O2S. The summed E-state index contributed by atoms with van der Waals surface area (Å²) in [4.78, 5) is 0. The third-order valence-corrected chi connectivity index (χ3v) is 2.95. The second-order valence-electron chi connectivity index (χ2n) is 3.67. The Morgan fingerprint density at radius 2 is 1.93 bits per heavy atom. The van der Waals surface area contributed by atoms with Crippen molar-refractivity contribution in [3.63, 3.8) is 0 Å². The molecule has 1 aliphatic rings. The first kappa shape index (κ1) is 12.7. The predicted molar refractivity (Wildman–Crippen MR) is 48.8 cm³/mol. The average Bonchev–Trinajstić information content (AvgIpc) is 2.00. The quantitative estimate of drug-likeness (QED) is 0.732. The summed E-state index contributed by atoms with van der Waals surface area (Å²) in [7, 11) is -3.35. The van der Waals surface area contributed by atoms with Crippen LogP contribution in [0.2, 0.25) is 0 Å². The van der Waals surface area contributed by atoms with Gasteiger partial charge in [0.25, 0.3) is 0 Å². The molecule has 0 aliphatic carbocycles. The van der Waals surface area contributed by atoms with E-state index < -0.39 is 28.3 Å². The van der Waals surface area contributed by atoms with Crippen molar-refractivity contribution in [1.82, 2.24) is 10.0 Å². The van der Waals surface area contributed by atoms with Crippen LogP contribution in [-0.2, 0) is 10.0 Å². The molecule has 0 bridgehead atoms. The number of rotatable bonds is 2. The summed E-state index contributed by atoms with van der Waals surface area (Å²) in [5.74, 6) is 0. The minimum absolute atomic E-state index is 0.0112. The van der Waals surface area contributed by atoms with Gasteiger partial charge in [0.1, 0.15) is 6.04 Å². The van der Waals surface area contributed by atoms with E-state index in [1.54, 1.807) is 0 Å². The first-order chi connectivity index (χ1) is 6.68. The zero-order valence-electron chi connectivity index (χ0n) is 8.13.